The molecule has 0 aliphatic heterocycles. The second-order valence-corrected chi connectivity index (χ2v) is 19.3. The van der Waals surface area contributed by atoms with E-state index in [9.17, 15) is 5.11 Å². The van der Waals surface area contributed by atoms with Crippen LogP contribution in [0.1, 0.15) is 257 Å². The second-order valence-electron chi connectivity index (χ2n) is 17.1. The Morgan fingerprint density at radius 2 is 0.706 bits per heavy atom. The normalized spacial score (nSPS) is 11.9. The van der Waals surface area contributed by atoms with Gasteiger partial charge >= 0.3 is 0 Å². The molecule has 3 heteroatoms. The van der Waals surface area contributed by atoms with Crippen molar-refractivity contribution in [1.29, 1.82) is 0 Å². The van der Waals surface area contributed by atoms with Gasteiger partial charge in [0, 0.05) is 17.1 Å². The minimum atomic E-state index is -0.0358. The zero-order valence-corrected chi connectivity index (χ0v) is 37.0. The fourth-order valence-corrected chi connectivity index (χ4v) is 9.35. The fraction of sp³-hybridized carbons (Fsp3) is 0.875. The molecule has 300 valence electrons. The van der Waals surface area contributed by atoms with Gasteiger partial charge in [-0.3, -0.25) is 0 Å². The molecule has 0 bridgehead atoms. The predicted octanol–water partition coefficient (Wildman–Crippen LogP) is 17.7. The quantitative estimate of drug-likeness (QED) is 0.0681. The zero-order valence-electron chi connectivity index (χ0n) is 35.4. The van der Waals surface area contributed by atoms with Crippen LogP contribution in [-0.2, 0) is 16.9 Å². The van der Waals surface area contributed by atoms with Crippen LogP contribution in [0.15, 0.2) is 12.1 Å². The molecular formula is C48H90OS2. The maximum atomic E-state index is 11.2. The van der Waals surface area contributed by atoms with Gasteiger partial charge in [0.2, 0.25) is 0 Å². The van der Waals surface area contributed by atoms with Gasteiger partial charge in [0.15, 0.2) is 0 Å². The van der Waals surface area contributed by atoms with Crippen LogP contribution in [0.5, 0.6) is 5.75 Å². The topological polar surface area (TPSA) is 20.2 Å². The average Bonchev–Trinajstić information content (AvgIpc) is 3.11. The number of benzene rings is 1. The van der Waals surface area contributed by atoms with E-state index >= 15 is 0 Å². The Hall–Kier alpha value is -0.280. The van der Waals surface area contributed by atoms with Crippen LogP contribution in [0.25, 0.3) is 0 Å². The molecule has 1 N–H and O–H groups in total. The summed E-state index contributed by atoms with van der Waals surface area (Å²) < 4.78 is 0. The van der Waals surface area contributed by atoms with Gasteiger partial charge < -0.3 is 5.11 Å². The monoisotopic (exact) mass is 747 g/mol. The van der Waals surface area contributed by atoms with E-state index in [1.807, 2.05) is 11.8 Å². The van der Waals surface area contributed by atoms with E-state index in [0.717, 1.165) is 22.6 Å². The van der Waals surface area contributed by atoms with Gasteiger partial charge in [0.1, 0.15) is 5.75 Å². The van der Waals surface area contributed by atoms with Gasteiger partial charge in [0.05, 0.1) is 0 Å². The number of thioether (sulfide) groups is 2. The Balaban J connectivity index is 2.10. The molecule has 1 nitrogen and oxygen atoms in total. The molecular weight excluding hydrogens is 657 g/mol. The second kappa shape index (κ2) is 35.4. The highest BCUT2D eigenvalue weighted by Gasteiger charge is 2.21. The van der Waals surface area contributed by atoms with Crippen molar-refractivity contribution in [1.82, 2.24) is 0 Å². The Morgan fingerprint density at radius 3 is 1.02 bits per heavy atom. The minimum absolute atomic E-state index is 0.0358. The lowest BCUT2D eigenvalue weighted by Crippen LogP contribution is -2.13. The first kappa shape index (κ1) is 48.7. The van der Waals surface area contributed by atoms with Crippen molar-refractivity contribution in [2.45, 2.75) is 257 Å². The highest BCUT2D eigenvalue weighted by Crippen LogP contribution is 2.37. The third kappa shape index (κ3) is 29.7. The van der Waals surface area contributed by atoms with Crippen molar-refractivity contribution in [3.8, 4) is 5.75 Å². The first-order valence-corrected chi connectivity index (χ1v) is 25.2. The summed E-state index contributed by atoms with van der Waals surface area (Å²) in [6, 6.07) is 4.60. The number of unbranched alkanes of at least 4 members (excludes halogenated alkanes) is 30. The minimum Gasteiger partial charge on any atom is -0.507 e. The zero-order chi connectivity index (χ0) is 37.1. The predicted molar refractivity (Wildman–Crippen MR) is 238 cm³/mol. The Morgan fingerprint density at radius 1 is 0.412 bits per heavy atom. The molecule has 1 aromatic carbocycles. The maximum absolute atomic E-state index is 11.2. The van der Waals surface area contributed by atoms with Crippen LogP contribution >= 0.6 is 23.5 Å². The van der Waals surface area contributed by atoms with Crippen molar-refractivity contribution in [3.63, 3.8) is 0 Å². The van der Waals surface area contributed by atoms with Gasteiger partial charge in [-0.25, -0.2) is 0 Å². The summed E-state index contributed by atoms with van der Waals surface area (Å²) in [6.07, 6.45) is 45.7. The molecule has 0 fully saturated rings. The van der Waals surface area contributed by atoms with Crippen LogP contribution in [0.3, 0.4) is 0 Å². The highest BCUT2D eigenvalue weighted by atomic mass is 32.2. The van der Waals surface area contributed by atoms with Gasteiger partial charge in [0.25, 0.3) is 0 Å². The van der Waals surface area contributed by atoms with Crippen LogP contribution in [0, 0.1) is 0 Å². The largest absolute Gasteiger partial charge is 0.507 e. The van der Waals surface area contributed by atoms with Gasteiger partial charge in [-0.05, 0) is 40.9 Å². The van der Waals surface area contributed by atoms with E-state index in [1.54, 1.807) is 0 Å². The first-order chi connectivity index (χ1) is 24.9. The molecule has 0 unspecified atom stereocenters. The molecule has 1 aromatic rings. The molecule has 0 spiro atoms. The van der Waals surface area contributed by atoms with Gasteiger partial charge in [-0.15, -0.1) is 0 Å². The van der Waals surface area contributed by atoms with E-state index in [0.29, 0.717) is 5.75 Å². The third-order valence-corrected chi connectivity index (χ3v) is 13.1. The van der Waals surface area contributed by atoms with Crippen molar-refractivity contribution in [3.05, 3.63) is 28.8 Å². The van der Waals surface area contributed by atoms with Gasteiger partial charge in [-0.2, -0.15) is 23.5 Å². The van der Waals surface area contributed by atoms with Crippen molar-refractivity contribution in [2.75, 3.05) is 11.5 Å². The molecule has 1 rings (SSSR count). The summed E-state index contributed by atoms with van der Waals surface area (Å²) in [5.41, 5.74) is 3.64. The van der Waals surface area contributed by atoms with Crippen molar-refractivity contribution < 1.29 is 5.11 Å². The molecule has 0 aromatic heterocycles. The maximum Gasteiger partial charge on any atom is 0.123 e. The fourth-order valence-electron chi connectivity index (χ4n) is 7.40. The van der Waals surface area contributed by atoms with Crippen LogP contribution < -0.4 is 0 Å². The molecule has 0 amide bonds. The number of aromatic hydroxyl groups is 1. The molecule has 51 heavy (non-hydrogen) atoms. The average molecular weight is 747 g/mol. The summed E-state index contributed by atoms with van der Waals surface area (Å²) in [6.45, 7) is 11.3. The van der Waals surface area contributed by atoms with Gasteiger partial charge in [-0.1, -0.05) is 239 Å². The highest BCUT2D eigenvalue weighted by molar-refractivity contribution is 7.98. The van der Waals surface area contributed by atoms with Crippen molar-refractivity contribution in [2.24, 2.45) is 0 Å². The van der Waals surface area contributed by atoms with Crippen LogP contribution in [0.4, 0.5) is 0 Å². The molecule has 0 aliphatic rings. The van der Waals surface area contributed by atoms with E-state index in [-0.39, 0.29) is 5.41 Å². The number of hydrogen-bond acceptors (Lipinski definition) is 3. The van der Waals surface area contributed by atoms with E-state index in [2.05, 4.69) is 58.5 Å². The molecule has 0 aliphatic carbocycles. The van der Waals surface area contributed by atoms with E-state index in [4.69, 9.17) is 0 Å². The number of phenolic OH excluding ortho intramolecular Hbond substituents is 1. The lowest BCUT2D eigenvalue weighted by atomic mass is 9.84. The molecule has 0 radical (unpaired) electrons. The van der Waals surface area contributed by atoms with E-state index in [1.165, 1.54) is 223 Å². The standard InChI is InChI=1S/C48H90OS2/c1-6-8-10-12-14-16-18-20-22-24-26-28-30-32-34-36-38-50-42-44-40-45(47(49)46(41-44)48(3,4)5)43-51-39-37-35-33-31-29-27-25-23-21-19-17-15-13-11-9-7-2/h40-41,49H,6-39,42-43H2,1-5H3. The summed E-state index contributed by atoms with van der Waals surface area (Å²) >= 11 is 4.11. The molecule has 0 saturated heterocycles. The lowest BCUT2D eigenvalue weighted by Gasteiger charge is -2.23. The molecule has 0 atom stereocenters. The SMILES string of the molecule is CCCCCCCCCCCCCCCCCCSCc1cc(CSCCCCCCCCCCCCCCCCCC)c(O)c(C(C)(C)C)c1. The first-order valence-electron chi connectivity index (χ1n) is 22.9. The Kier molecular flexibility index (Phi) is 33.9. The van der Waals surface area contributed by atoms with Crippen LogP contribution in [-0.4, -0.2) is 16.6 Å². The van der Waals surface area contributed by atoms with Crippen LogP contribution in [0.2, 0.25) is 0 Å². The van der Waals surface area contributed by atoms with Crippen molar-refractivity contribution >= 4 is 23.5 Å². The summed E-state index contributed by atoms with van der Waals surface area (Å²) in [5, 5.41) is 11.2. The summed E-state index contributed by atoms with van der Waals surface area (Å²) in [4.78, 5) is 0. The summed E-state index contributed by atoms with van der Waals surface area (Å²) in [5.74, 6) is 5.02. The summed E-state index contributed by atoms with van der Waals surface area (Å²) in [7, 11) is 0. The lowest BCUT2D eigenvalue weighted by molar-refractivity contribution is 0.442. The smallest absolute Gasteiger partial charge is 0.123 e. The van der Waals surface area contributed by atoms with E-state index < -0.39 is 0 Å². The third-order valence-electron chi connectivity index (χ3n) is 10.9. The molecule has 0 heterocycles. The molecule has 0 saturated carbocycles. The Bertz CT molecular complexity index is 875. The Labute approximate surface area is 330 Å². The number of phenols is 1. The number of rotatable bonds is 38. The number of hydrogen-bond donors (Lipinski definition) is 1.